The van der Waals surface area contributed by atoms with Gasteiger partial charge in [-0.3, -0.25) is 4.79 Å². The molecule has 4 atom stereocenters. The average Bonchev–Trinajstić information content (AvgIpc) is 2.33. The fourth-order valence-electron chi connectivity index (χ4n) is 1.63. The number of hydrogen-bond acceptors (Lipinski definition) is 2. The van der Waals surface area contributed by atoms with Crippen molar-refractivity contribution in [3.63, 3.8) is 0 Å². The molecule has 0 bridgehead atoms. The highest BCUT2D eigenvalue weighted by molar-refractivity contribution is 5.90. The summed E-state index contributed by atoms with van der Waals surface area (Å²) in [6.45, 7) is 0. The Labute approximate surface area is 46.0 Å². The number of fused-ring (bicyclic) bond motifs is 4. The van der Waals surface area contributed by atoms with Gasteiger partial charge in [0.15, 0.2) is 0 Å². The normalized spacial score (nSPS) is 63.8. The first-order valence-corrected chi connectivity index (χ1v) is 2.84. The lowest BCUT2D eigenvalue weighted by Crippen LogP contribution is -2.69. The van der Waals surface area contributed by atoms with Crippen LogP contribution < -0.4 is 5.32 Å². The van der Waals surface area contributed by atoms with E-state index in [0.29, 0.717) is 18.2 Å². The van der Waals surface area contributed by atoms with E-state index in [-0.39, 0.29) is 11.8 Å². The van der Waals surface area contributed by atoms with Crippen molar-refractivity contribution in [1.29, 1.82) is 0 Å². The second-order valence-electron chi connectivity index (χ2n) is 2.63. The third kappa shape index (κ3) is 0.165. The van der Waals surface area contributed by atoms with Gasteiger partial charge in [-0.2, -0.15) is 0 Å². The van der Waals surface area contributed by atoms with Crippen LogP contribution in [0.25, 0.3) is 0 Å². The standard InChI is InChI=1S/C5H5NO2/c7-5-1-2(6-5)4-3(1)8-4/h1-4H,(H,6,7). The molecular weight excluding hydrogens is 106 g/mol. The Morgan fingerprint density at radius 3 is 2.88 bits per heavy atom. The molecule has 1 N–H and O–H groups in total. The van der Waals surface area contributed by atoms with E-state index in [4.69, 9.17) is 4.74 Å². The summed E-state index contributed by atoms with van der Waals surface area (Å²) in [5.74, 6) is 0.439. The Morgan fingerprint density at radius 1 is 1.50 bits per heavy atom. The number of nitrogens with one attached hydrogen (secondary N) is 1. The molecule has 0 aromatic carbocycles. The van der Waals surface area contributed by atoms with Gasteiger partial charge in [-0.15, -0.1) is 0 Å². The number of carbonyl (C=O) groups excluding carboxylic acids is 1. The van der Waals surface area contributed by atoms with Crippen LogP contribution in [0.3, 0.4) is 0 Å². The molecule has 3 nitrogen and oxygen atoms in total. The van der Waals surface area contributed by atoms with Crippen LogP contribution in [-0.4, -0.2) is 24.2 Å². The number of carbonyl (C=O) groups is 1. The molecule has 1 aliphatic carbocycles. The fourth-order valence-corrected chi connectivity index (χ4v) is 1.63. The molecule has 1 amide bonds. The minimum atomic E-state index is 0.189. The van der Waals surface area contributed by atoms with Crippen LogP contribution in [0.4, 0.5) is 0 Å². The Kier molecular flexibility index (Phi) is 0.303. The number of rotatable bonds is 0. The van der Waals surface area contributed by atoms with Gasteiger partial charge in [-0.05, 0) is 0 Å². The van der Waals surface area contributed by atoms with Crippen molar-refractivity contribution in [1.82, 2.24) is 5.32 Å². The molecule has 1 saturated carbocycles. The van der Waals surface area contributed by atoms with Gasteiger partial charge in [0.05, 0.1) is 18.1 Å². The smallest absolute Gasteiger partial charge is 0.228 e. The predicted octanol–water partition coefficient (Wildman–Crippen LogP) is -1.12. The van der Waals surface area contributed by atoms with E-state index >= 15 is 0 Å². The van der Waals surface area contributed by atoms with Crippen molar-refractivity contribution in [2.24, 2.45) is 5.92 Å². The number of β-lactam (4-membered cyclic amide) rings is 1. The maximum atomic E-state index is 10.5. The van der Waals surface area contributed by atoms with E-state index < -0.39 is 0 Å². The molecule has 3 heteroatoms. The zero-order valence-corrected chi connectivity index (χ0v) is 4.13. The third-order valence-corrected chi connectivity index (χ3v) is 2.27. The molecule has 0 spiro atoms. The number of piperidine rings is 1. The summed E-state index contributed by atoms with van der Waals surface area (Å²) in [7, 11) is 0. The maximum absolute atomic E-state index is 10.5. The summed E-state index contributed by atoms with van der Waals surface area (Å²) >= 11 is 0. The molecule has 4 unspecified atom stereocenters. The molecule has 0 radical (unpaired) electrons. The van der Waals surface area contributed by atoms with Crippen LogP contribution in [0.1, 0.15) is 0 Å². The summed E-state index contributed by atoms with van der Waals surface area (Å²) in [5.41, 5.74) is 0. The molecule has 3 aliphatic rings. The van der Waals surface area contributed by atoms with E-state index in [1.165, 1.54) is 0 Å². The molecule has 2 saturated heterocycles. The quantitative estimate of drug-likeness (QED) is 0.318. The second-order valence-corrected chi connectivity index (χ2v) is 2.63. The van der Waals surface area contributed by atoms with Crippen LogP contribution in [0, 0.1) is 5.92 Å². The minimum Gasteiger partial charge on any atom is -0.366 e. The summed E-state index contributed by atoms with van der Waals surface area (Å²) in [6.07, 6.45) is 0.742. The van der Waals surface area contributed by atoms with Gasteiger partial charge < -0.3 is 10.1 Å². The van der Waals surface area contributed by atoms with Gasteiger partial charge >= 0.3 is 0 Å². The Balaban J connectivity index is 1.98. The Bertz CT molecular complexity index is 179. The summed E-state index contributed by atoms with van der Waals surface area (Å²) < 4.78 is 5.10. The van der Waals surface area contributed by atoms with Crippen LogP contribution in [0.2, 0.25) is 0 Å². The lowest BCUT2D eigenvalue weighted by molar-refractivity contribution is -0.138. The Hall–Kier alpha value is -0.570. The van der Waals surface area contributed by atoms with Crippen molar-refractivity contribution in [2.45, 2.75) is 18.2 Å². The van der Waals surface area contributed by atoms with E-state index in [1.807, 2.05) is 0 Å². The van der Waals surface area contributed by atoms with Crippen LogP contribution in [0.15, 0.2) is 0 Å². The van der Waals surface area contributed by atoms with Crippen molar-refractivity contribution in [3.05, 3.63) is 0 Å². The lowest BCUT2D eigenvalue weighted by atomic mass is 9.73. The largest absolute Gasteiger partial charge is 0.366 e. The van der Waals surface area contributed by atoms with Gasteiger partial charge in [0.25, 0.3) is 0 Å². The lowest BCUT2D eigenvalue weighted by Gasteiger charge is -2.40. The SMILES string of the molecule is O=C1NC2C3OC3C12. The number of ether oxygens (including phenoxy) is 1. The average molecular weight is 111 g/mol. The van der Waals surface area contributed by atoms with Gasteiger partial charge in [0.1, 0.15) is 6.10 Å². The van der Waals surface area contributed by atoms with E-state index in [2.05, 4.69) is 5.32 Å². The third-order valence-electron chi connectivity index (χ3n) is 2.27. The van der Waals surface area contributed by atoms with E-state index in [9.17, 15) is 4.79 Å². The second kappa shape index (κ2) is 0.702. The summed E-state index contributed by atoms with van der Waals surface area (Å²) in [5, 5.41) is 2.77. The molecular formula is C5H5NO2. The van der Waals surface area contributed by atoms with E-state index in [0.717, 1.165) is 0 Å². The number of epoxide rings is 1. The molecule has 2 heterocycles. The highest BCUT2D eigenvalue weighted by Crippen LogP contribution is 2.51. The topological polar surface area (TPSA) is 41.6 Å². The Morgan fingerprint density at radius 2 is 2.38 bits per heavy atom. The summed E-state index contributed by atoms with van der Waals surface area (Å²) in [4.78, 5) is 10.5. The number of amides is 1. The van der Waals surface area contributed by atoms with Crippen molar-refractivity contribution in [2.75, 3.05) is 0 Å². The molecule has 42 valence electrons. The summed E-state index contributed by atoms with van der Waals surface area (Å²) in [6, 6.07) is 0.410. The first-order valence-electron chi connectivity index (χ1n) is 2.84. The van der Waals surface area contributed by atoms with Gasteiger partial charge in [0.2, 0.25) is 5.91 Å². The predicted molar refractivity (Wildman–Crippen MR) is 24.1 cm³/mol. The zero-order valence-electron chi connectivity index (χ0n) is 4.13. The van der Waals surface area contributed by atoms with Crippen LogP contribution in [-0.2, 0) is 9.53 Å². The highest BCUT2D eigenvalue weighted by atomic mass is 16.6. The van der Waals surface area contributed by atoms with E-state index in [1.54, 1.807) is 0 Å². The first-order chi connectivity index (χ1) is 3.88. The highest BCUT2D eigenvalue weighted by Gasteiger charge is 2.72. The fraction of sp³-hybridized carbons (Fsp3) is 0.800. The minimum absolute atomic E-state index is 0.189. The first kappa shape index (κ1) is 3.45. The van der Waals surface area contributed by atoms with Crippen LogP contribution in [0.5, 0.6) is 0 Å². The maximum Gasteiger partial charge on any atom is 0.228 e. The zero-order chi connectivity index (χ0) is 5.30. The molecule has 0 aromatic rings. The van der Waals surface area contributed by atoms with Crippen molar-refractivity contribution >= 4 is 5.91 Å². The van der Waals surface area contributed by atoms with Gasteiger partial charge in [-0.25, -0.2) is 0 Å². The molecule has 8 heavy (non-hydrogen) atoms. The molecule has 0 aromatic heterocycles. The monoisotopic (exact) mass is 111 g/mol. The van der Waals surface area contributed by atoms with Crippen LogP contribution >= 0.6 is 0 Å². The molecule has 2 aliphatic heterocycles. The number of hydrogen-bond donors (Lipinski definition) is 1. The van der Waals surface area contributed by atoms with Crippen molar-refractivity contribution < 1.29 is 9.53 Å². The van der Waals surface area contributed by atoms with Gasteiger partial charge in [0, 0.05) is 0 Å². The van der Waals surface area contributed by atoms with Gasteiger partial charge in [-0.1, -0.05) is 0 Å². The van der Waals surface area contributed by atoms with Crippen molar-refractivity contribution in [3.8, 4) is 0 Å². The molecule has 3 fully saturated rings. The molecule has 3 rings (SSSR count).